The van der Waals surface area contributed by atoms with Crippen LogP contribution in [0.25, 0.3) is 0 Å². The maximum atomic E-state index is 10.8. The van der Waals surface area contributed by atoms with E-state index in [1.54, 1.807) is 0 Å². The molecule has 0 aromatic heterocycles. The second kappa shape index (κ2) is 12.1. The number of benzene rings is 1. The molecule has 2 aliphatic rings. The van der Waals surface area contributed by atoms with Crippen molar-refractivity contribution in [3.05, 3.63) is 29.3 Å². The number of phenols is 1. The van der Waals surface area contributed by atoms with Crippen LogP contribution in [0.2, 0.25) is 0 Å². The summed E-state index contributed by atoms with van der Waals surface area (Å²) in [6.45, 7) is 9.41. The number of hydrogen-bond donors (Lipinski definition) is 1. The van der Waals surface area contributed by atoms with Crippen LogP contribution in [0.3, 0.4) is 0 Å². The first-order valence-corrected chi connectivity index (χ1v) is 15.4. The first-order valence-electron chi connectivity index (χ1n) is 11.1. The second-order valence-corrected chi connectivity index (χ2v) is 12.5. The molecule has 2 fully saturated rings. The average Bonchev–Trinajstić information content (AvgIpc) is 2.68. The first kappa shape index (κ1) is 25.2. The van der Waals surface area contributed by atoms with Gasteiger partial charge in [0.15, 0.2) is 0 Å². The molecule has 2 nitrogen and oxygen atoms in total. The van der Waals surface area contributed by atoms with Crippen LogP contribution in [-0.4, -0.2) is 17.4 Å². The predicted octanol–water partition coefficient (Wildman–Crippen LogP) is 8.09. The van der Waals surface area contributed by atoms with Crippen LogP contribution in [0.1, 0.15) is 96.1 Å². The van der Waals surface area contributed by atoms with Gasteiger partial charge >= 0.3 is 35.6 Å². The van der Waals surface area contributed by atoms with E-state index in [1.165, 1.54) is 51.4 Å². The van der Waals surface area contributed by atoms with E-state index < -0.39 is 17.0 Å². The summed E-state index contributed by atoms with van der Waals surface area (Å²) in [7, 11) is 9.78. The Hall–Kier alpha value is -0.0157. The average molecular weight is 474 g/mol. The van der Waals surface area contributed by atoms with Crippen LogP contribution in [0, 0.1) is 17.3 Å². The fourth-order valence-corrected chi connectivity index (χ4v) is 4.86. The Morgan fingerprint density at radius 3 is 2.14 bits per heavy atom. The number of halogens is 2. The normalized spacial score (nSPS) is 27.9. The van der Waals surface area contributed by atoms with Crippen molar-refractivity contribution >= 4 is 24.8 Å². The Morgan fingerprint density at radius 2 is 1.59 bits per heavy atom. The van der Waals surface area contributed by atoms with E-state index in [0.29, 0.717) is 23.1 Å². The molecule has 162 valence electrons. The van der Waals surface area contributed by atoms with Gasteiger partial charge in [0.1, 0.15) is 5.75 Å². The van der Waals surface area contributed by atoms with Gasteiger partial charge in [0.25, 0.3) is 0 Å². The predicted molar refractivity (Wildman–Crippen MR) is 123 cm³/mol. The van der Waals surface area contributed by atoms with Gasteiger partial charge in [0.2, 0.25) is 0 Å². The number of hydrogen-bond acceptors (Lipinski definition) is 2. The van der Waals surface area contributed by atoms with Crippen molar-refractivity contribution in [1.82, 2.24) is 0 Å². The molecule has 0 saturated heterocycles. The SMILES string of the molecule is CC1CCC(c2cccc(C=NC3CCC(C(C)(C)C)CC3)c2O)CC1.[Cl][Ti][Cl]. The summed E-state index contributed by atoms with van der Waals surface area (Å²) in [4.78, 5) is 4.84. The summed E-state index contributed by atoms with van der Waals surface area (Å²) < 4.78 is 0. The zero-order chi connectivity index (χ0) is 21.4. The molecule has 29 heavy (non-hydrogen) atoms. The van der Waals surface area contributed by atoms with Gasteiger partial charge in [-0.2, -0.15) is 0 Å². The molecule has 2 aliphatic carbocycles. The molecule has 0 spiro atoms. The minimum atomic E-state index is -0.556. The standard InChI is InChI=1S/C24H37NO.2ClH.Ti/c1-17-8-10-18(11-9-17)22-7-5-6-19(23(22)26)16-25-21-14-12-20(13-15-21)24(2,3)4;;;/h5-7,16-18,20-21,26H,8-15H2,1-4H3;2*1H;/q;;;+2/p-2. The second-order valence-electron chi connectivity index (χ2n) is 9.96. The van der Waals surface area contributed by atoms with Crippen LogP contribution < -0.4 is 0 Å². The molecule has 3 rings (SSSR count). The van der Waals surface area contributed by atoms with Crippen LogP contribution in [0.5, 0.6) is 5.75 Å². The molecule has 1 aromatic carbocycles. The van der Waals surface area contributed by atoms with Crippen molar-refractivity contribution in [1.29, 1.82) is 0 Å². The molecule has 0 bridgehead atoms. The number of aliphatic imine (C=N–C) groups is 1. The van der Waals surface area contributed by atoms with Crippen molar-refractivity contribution in [2.75, 3.05) is 0 Å². The van der Waals surface area contributed by atoms with Gasteiger partial charge < -0.3 is 5.11 Å². The third kappa shape index (κ3) is 7.87. The van der Waals surface area contributed by atoms with E-state index in [9.17, 15) is 5.11 Å². The fraction of sp³-hybridized carbons (Fsp3) is 0.708. The van der Waals surface area contributed by atoms with Crippen LogP contribution in [0.15, 0.2) is 23.2 Å². The Labute approximate surface area is 194 Å². The summed E-state index contributed by atoms with van der Waals surface area (Å²) in [6, 6.07) is 6.63. The Balaban J connectivity index is 0.000000941. The molecule has 0 atom stereocenters. The summed E-state index contributed by atoms with van der Waals surface area (Å²) in [6.07, 6.45) is 11.8. The zero-order valence-corrected chi connectivity index (χ0v) is 21.5. The summed E-state index contributed by atoms with van der Waals surface area (Å²) in [5.74, 6) is 2.64. The molecule has 0 aliphatic heterocycles. The molecule has 1 N–H and O–H groups in total. The topological polar surface area (TPSA) is 32.6 Å². The van der Waals surface area contributed by atoms with Gasteiger partial charge in [-0.15, -0.1) is 0 Å². The van der Waals surface area contributed by atoms with Crippen molar-refractivity contribution in [2.24, 2.45) is 22.2 Å². The first-order chi connectivity index (χ1) is 13.8. The van der Waals surface area contributed by atoms with Crippen molar-refractivity contribution < 1.29 is 22.1 Å². The van der Waals surface area contributed by atoms with Gasteiger partial charge in [-0.05, 0) is 73.3 Å². The number of para-hydroxylation sites is 1. The van der Waals surface area contributed by atoms with Gasteiger partial charge in [-0.1, -0.05) is 52.7 Å². The minimum absolute atomic E-state index is 0.415. The summed E-state index contributed by atoms with van der Waals surface area (Å²) >= 11 is -0.556. The van der Waals surface area contributed by atoms with Crippen molar-refractivity contribution in [2.45, 2.75) is 91.0 Å². The van der Waals surface area contributed by atoms with Gasteiger partial charge in [0.05, 0.1) is 0 Å². The zero-order valence-electron chi connectivity index (χ0n) is 18.4. The monoisotopic (exact) mass is 473 g/mol. The molecular formula is C24H37Cl2NOTi. The molecule has 0 amide bonds. The third-order valence-electron chi connectivity index (χ3n) is 6.90. The van der Waals surface area contributed by atoms with Crippen LogP contribution in [-0.2, 0) is 17.0 Å². The van der Waals surface area contributed by atoms with Gasteiger partial charge in [0, 0.05) is 17.8 Å². The molecule has 1 aromatic rings. The molecule has 5 heteroatoms. The third-order valence-corrected chi connectivity index (χ3v) is 6.90. The quantitative estimate of drug-likeness (QED) is 0.349. The molecule has 0 heterocycles. The van der Waals surface area contributed by atoms with Gasteiger partial charge in [-0.25, -0.2) is 0 Å². The van der Waals surface area contributed by atoms with E-state index in [2.05, 4.69) is 39.8 Å². The van der Waals surface area contributed by atoms with Gasteiger partial charge in [-0.3, -0.25) is 4.99 Å². The van der Waals surface area contributed by atoms with Crippen molar-refractivity contribution in [3.8, 4) is 5.75 Å². The Bertz CT molecular complexity index is 643. The molecule has 0 radical (unpaired) electrons. The Morgan fingerprint density at radius 1 is 1.00 bits per heavy atom. The van der Waals surface area contributed by atoms with E-state index in [1.807, 2.05) is 12.3 Å². The number of aromatic hydroxyl groups is 1. The number of rotatable bonds is 3. The number of nitrogens with zero attached hydrogens (tertiary/aromatic N) is 1. The molecule has 2 saturated carbocycles. The molecular weight excluding hydrogens is 437 g/mol. The molecule has 0 unspecified atom stereocenters. The van der Waals surface area contributed by atoms with Crippen LogP contribution in [0.4, 0.5) is 0 Å². The Kier molecular flexibility index (Phi) is 10.6. The van der Waals surface area contributed by atoms with E-state index >= 15 is 0 Å². The van der Waals surface area contributed by atoms with E-state index in [4.69, 9.17) is 23.6 Å². The fourth-order valence-electron chi connectivity index (χ4n) is 4.86. The van der Waals surface area contributed by atoms with Crippen molar-refractivity contribution in [3.63, 3.8) is 0 Å². The summed E-state index contributed by atoms with van der Waals surface area (Å²) in [5.41, 5.74) is 2.45. The van der Waals surface area contributed by atoms with Crippen LogP contribution >= 0.6 is 18.6 Å². The summed E-state index contributed by atoms with van der Waals surface area (Å²) in [5, 5.41) is 10.8. The van der Waals surface area contributed by atoms with E-state index in [-0.39, 0.29) is 0 Å². The van der Waals surface area contributed by atoms with E-state index in [0.717, 1.165) is 23.0 Å². The maximum absolute atomic E-state index is 10.8. The number of phenolic OH excluding ortho intramolecular Hbond substituents is 1.